The van der Waals surface area contributed by atoms with Crippen LogP contribution in [0.3, 0.4) is 0 Å². The fraction of sp³-hybridized carbons (Fsp3) is 0.222. The van der Waals surface area contributed by atoms with Gasteiger partial charge in [0, 0.05) is 23.4 Å². The number of halogens is 1. The molecule has 0 radical (unpaired) electrons. The van der Waals surface area contributed by atoms with Gasteiger partial charge in [0.05, 0.1) is 18.9 Å². The second kappa shape index (κ2) is 6.65. The third-order valence-corrected chi connectivity index (χ3v) is 4.50. The molecule has 0 bridgehead atoms. The Kier molecular flexibility index (Phi) is 4.57. The minimum absolute atomic E-state index is 0.139. The molecule has 1 heterocycles. The van der Waals surface area contributed by atoms with Gasteiger partial charge in [0.1, 0.15) is 11.5 Å². The Morgan fingerprint density at radius 2 is 2.00 bits per heavy atom. The van der Waals surface area contributed by atoms with E-state index in [1.807, 2.05) is 30.3 Å². The minimum atomic E-state index is -0.193. The summed E-state index contributed by atoms with van der Waals surface area (Å²) < 4.78 is 6.03. The molecule has 0 saturated heterocycles. The minimum Gasteiger partial charge on any atom is -0.507 e. The molecule has 24 heavy (non-hydrogen) atoms. The van der Waals surface area contributed by atoms with E-state index < -0.39 is 0 Å². The molecule has 2 aromatic rings. The van der Waals surface area contributed by atoms with Crippen molar-refractivity contribution in [1.29, 1.82) is 0 Å². The van der Waals surface area contributed by atoms with Crippen LogP contribution in [-0.4, -0.2) is 28.8 Å². The first kappa shape index (κ1) is 16.5. The van der Waals surface area contributed by atoms with E-state index in [2.05, 4.69) is 21.0 Å². The number of benzene rings is 2. The van der Waals surface area contributed by atoms with Crippen molar-refractivity contribution >= 4 is 27.5 Å². The first-order chi connectivity index (χ1) is 11.5. The van der Waals surface area contributed by atoms with E-state index in [-0.39, 0.29) is 17.7 Å². The number of hydrogen-bond donors (Lipinski definition) is 1. The van der Waals surface area contributed by atoms with Crippen LogP contribution >= 0.6 is 15.9 Å². The average Bonchev–Trinajstić information content (AvgIpc) is 3.02. The summed E-state index contributed by atoms with van der Waals surface area (Å²) in [5, 5.41) is 16.0. The number of aromatic hydroxyl groups is 1. The van der Waals surface area contributed by atoms with E-state index in [4.69, 9.17) is 4.74 Å². The van der Waals surface area contributed by atoms with E-state index in [9.17, 15) is 9.90 Å². The van der Waals surface area contributed by atoms with Crippen molar-refractivity contribution in [1.82, 2.24) is 5.01 Å². The number of carbonyl (C=O) groups excluding carboxylic acids is 1. The smallest absolute Gasteiger partial charge is 0.240 e. The summed E-state index contributed by atoms with van der Waals surface area (Å²) in [5.41, 5.74) is 2.29. The second-order valence-electron chi connectivity index (χ2n) is 5.56. The molecule has 0 aromatic heterocycles. The highest BCUT2D eigenvalue weighted by Crippen LogP contribution is 2.36. The molecule has 124 valence electrons. The van der Waals surface area contributed by atoms with E-state index in [0.717, 1.165) is 15.8 Å². The van der Waals surface area contributed by atoms with Gasteiger partial charge in [0.15, 0.2) is 0 Å². The van der Waals surface area contributed by atoms with Crippen molar-refractivity contribution in [2.24, 2.45) is 5.10 Å². The number of carbonyl (C=O) groups is 1. The van der Waals surface area contributed by atoms with Gasteiger partial charge in [-0.3, -0.25) is 4.79 Å². The molecule has 1 aliphatic heterocycles. The number of phenolic OH excluding ortho intramolecular Hbond substituents is 1. The quantitative estimate of drug-likeness (QED) is 0.867. The van der Waals surface area contributed by atoms with Crippen LogP contribution in [0.5, 0.6) is 11.5 Å². The molecule has 1 aliphatic rings. The predicted molar refractivity (Wildman–Crippen MR) is 95.2 cm³/mol. The number of hydrogen-bond acceptors (Lipinski definition) is 4. The molecule has 1 atom stereocenters. The Balaban J connectivity index is 1.96. The molecule has 0 aliphatic carbocycles. The SMILES string of the molecule is COc1ccc([C@@H]2CC(c3cc(Br)ccc3O)=NN2C(C)=O)cc1. The van der Waals surface area contributed by atoms with E-state index in [0.29, 0.717) is 17.7 Å². The average molecular weight is 389 g/mol. The lowest BCUT2D eigenvalue weighted by Gasteiger charge is -2.20. The van der Waals surface area contributed by atoms with Crippen LogP contribution in [0, 0.1) is 0 Å². The molecular weight excluding hydrogens is 372 g/mol. The van der Waals surface area contributed by atoms with Crippen molar-refractivity contribution in [2.45, 2.75) is 19.4 Å². The Hall–Kier alpha value is -2.34. The Morgan fingerprint density at radius 1 is 1.29 bits per heavy atom. The number of hydrazone groups is 1. The number of phenols is 1. The van der Waals surface area contributed by atoms with Gasteiger partial charge >= 0.3 is 0 Å². The van der Waals surface area contributed by atoms with E-state index in [1.165, 1.54) is 11.9 Å². The normalized spacial score (nSPS) is 16.9. The molecule has 0 spiro atoms. The summed E-state index contributed by atoms with van der Waals surface area (Å²) in [4.78, 5) is 12.0. The molecule has 1 N–H and O–H groups in total. The Labute approximate surface area is 148 Å². The standard InChI is InChI=1S/C18H17BrN2O3/c1-11(22)21-17(12-3-6-14(24-2)7-4-12)10-16(20-21)15-9-13(19)5-8-18(15)23/h3-9,17,23H,10H2,1-2H3/t17-/m0/s1. The highest BCUT2D eigenvalue weighted by molar-refractivity contribution is 9.10. The predicted octanol–water partition coefficient (Wildman–Crippen LogP) is 3.86. The third kappa shape index (κ3) is 3.14. The molecular formula is C18H17BrN2O3. The van der Waals surface area contributed by atoms with Crippen molar-refractivity contribution < 1.29 is 14.6 Å². The van der Waals surface area contributed by atoms with Gasteiger partial charge in [-0.25, -0.2) is 5.01 Å². The maximum atomic E-state index is 12.0. The monoisotopic (exact) mass is 388 g/mol. The first-order valence-corrected chi connectivity index (χ1v) is 8.29. The lowest BCUT2D eigenvalue weighted by molar-refractivity contribution is -0.130. The van der Waals surface area contributed by atoms with E-state index >= 15 is 0 Å². The largest absolute Gasteiger partial charge is 0.507 e. The highest BCUT2D eigenvalue weighted by atomic mass is 79.9. The highest BCUT2D eigenvalue weighted by Gasteiger charge is 2.32. The lowest BCUT2D eigenvalue weighted by Crippen LogP contribution is -2.24. The van der Waals surface area contributed by atoms with Crippen LogP contribution in [0.15, 0.2) is 52.0 Å². The Morgan fingerprint density at radius 3 is 2.62 bits per heavy atom. The van der Waals surface area contributed by atoms with Crippen molar-refractivity contribution in [3.05, 3.63) is 58.1 Å². The number of amides is 1. The summed E-state index contributed by atoms with van der Waals surface area (Å²) in [6.45, 7) is 1.49. The maximum absolute atomic E-state index is 12.0. The summed E-state index contributed by atoms with van der Waals surface area (Å²) in [6.07, 6.45) is 0.538. The van der Waals surface area contributed by atoms with Gasteiger partial charge in [-0.1, -0.05) is 28.1 Å². The van der Waals surface area contributed by atoms with Crippen LogP contribution < -0.4 is 4.74 Å². The lowest BCUT2D eigenvalue weighted by atomic mass is 9.98. The molecule has 5 nitrogen and oxygen atoms in total. The van der Waals surface area contributed by atoms with Crippen LogP contribution in [0.25, 0.3) is 0 Å². The number of ether oxygens (including phenoxy) is 1. The first-order valence-electron chi connectivity index (χ1n) is 7.49. The molecule has 0 saturated carbocycles. The number of methoxy groups -OCH3 is 1. The fourth-order valence-corrected chi connectivity index (χ4v) is 3.15. The van der Waals surface area contributed by atoms with Gasteiger partial charge in [0.25, 0.3) is 0 Å². The van der Waals surface area contributed by atoms with Gasteiger partial charge in [0.2, 0.25) is 5.91 Å². The number of nitrogens with zero attached hydrogens (tertiary/aromatic N) is 2. The fourth-order valence-electron chi connectivity index (χ4n) is 2.79. The molecule has 2 aromatic carbocycles. The van der Waals surface area contributed by atoms with Gasteiger partial charge in [-0.05, 0) is 35.9 Å². The Bertz CT molecular complexity index is 802. The zero-order valence-electron chi connectivity index (χ0n) is 13.4. The van der Waals surface area contributed by atoms with Crippen LogP contribution in [0.1, 0.15) is 30.5 Å². The van der Waals surface area contributed by atoms with Gasteiger partial charge in [-0.15, -0.1) is 0 Å². The van der Waals surface area contributed by atoms with Gasteiger partial charge < -0.3 is 9.84 Å². The van der Waals surface area contributed by atoms with Crippen LogP contribution in [-0.2, 0) is 4.79 Å². The summed E-state index contributed by atoms with van der Waals surface area (Å²) in [5.74, 6) is 0.771. The summed E-state index contributed by atoms with van der Waals surface area (Å²) >= 11 is 3.40. The number of rotatable bonds is 3. The third-order valence-electron chi connectivity index (χ3n) is 4.00. The van der Waals surface area contributed by atoms with Crippen LogP contribution in [0.2, 0.25) is 0 Å². The molecule has 6 heteroatoms. The second-order valence-corrected chi connectivity index (χ2v) is 6.48. The topological polar surface area (TPSA) is 62.1 Å². The maximum Gasteiger partial charge on any atom is 0.240 e. The van der Waals surface area contributed by atoms with Crippen molar-refractivity contribution in [3.63, 3.8) is 0 Å². The molecule has 0 fully saturated rings. The molecule has 3 rings (SSSR count). The zero-order chi connectivity index (χ0) is 17.3. The molecule has 0 unspecified atom stereocenters. The van der Waals surface area contributed by atoms with Gasteiger partial charge in [-0.2, -0.15) is 5.10 Å². The molecule has 1 amide bonds. The van der Waals surface area contributed by atoms with Crippen molar-refractivity contribution in [2.75, 3.05) is 7.11 Å². The summed E-state index contributed by atoms with van der Waals surface area (Å²) in [6, 6.07) is 12.6. The summed E-state index contributed by atoms with van der Waals surface area (Å²) in [7, 11) is 1.61. The van der Waals surface area contributed by atoms with Crippen molar-refractivity contribution in [3.8, 4) is 11.5 Å². The van der Waals surface area contributed by atoms with Crippen LogP contribution in [0.4, 0.5) is 0 Å². The van der Waals surface area contributed by atoms with E-state index in [1.54, 1.807) is 19.2 Å². The zero-order valence-corrected chi connectivity index (χ0v) is 14.9.